The van der Waals surface area contributed by atoms with Crippen LogP contribution in [0.3, 0.4) is 0 Å². The quantitative estimate of drug-likeness (QED) is 0.875. The summed E-state index contributed by atoms with van der Waals surface area (Å²) in [6.45, 7) is 2.21. The minimum atomic E-state index is 1.02. The second kappa shape index (κ2) is 6.02. The van der Waals surface area contributed by atoms with E-state index in [-0.39, 0.29) is 0 Å². The number of aromatic nitrogens is 1. The molecule has 1 heterocycles. The number of hydrogen-bond donors (Lipinski definition) is 1. The van der Waals surface area contributed by atoms with Gasteiger partial charge >= 0.3 is 0 Å². The van der Waals surface area contributed by atoms with Crippen molar-refractivity contribution in [3.05, 3.63) is 35.5 Å². The molecule has 1 aliphatic rings. The second-order valence-corrected chi connectivity index (χ2v) is 6.37. The topological polar surface area (TPSA) is 33.1 Å². The second-order valence-electron chi connectivity index (χ2n) is 6.37. The van der Waals surface area contributed by atoms with Crippen LogP contribution in [0.5, 0.6) is 0 Å². The van der Waals surface area contributed by atoms with Crippen LogP contribution in [0.2, 0.25) is 0 Å². The summed E-state index contributed by atoms with van der Waals surface area (Å²) in [6.07, 6.45) is 6.05. The summed E-state index contributed by atoms with van der Waals surface area (Å²) in [7, 11) is 4.28. The molecule has 0 saturated carbocycles. The molecule has 0 radical (unpaired) electrons. The van der Waals surface area contributed by atoms with Gasteiger partial charge in [-0.25, -0.2) is 0 Å². The molecule has 1 aromatic carbocycles. The standard InChI is InChI=1S/C18H25N3/c1-20(2)12-7-13-21-16-10-5-3-8-14(16)18(19)15-9-4-6-11-17(15)21/h3,5,8,10,19H,4,6-7,9,11-13H2,1-2H3/p+1. The molecule has 21 heavy (non-hydrogen) atoms. The summed E-state index contributed by atoms with van der Waals surface area (Å²) in [6, 6.07) is 8.61. The molecular weight excluding hydrogens is 258 g/mol. The molecule has 0 aliphatic heterocycles. The van der Waals surface area contributed by atoms with Gasteiger partial charge in [0, 0.05) is 31.0 Å². The third kappa shape index (κ3) is 2.75. The van der Waals surface area contributed by atoms with Gasteiger partial charge < -0.3 is 10.6 Å². The minimum absolute atomic E-state index is 1.02. The molecule has 112 valence electrons. The molecular formula is C18H26N3+. The van der Waals surface area contributed by atoms with Gasteiger partial charge in [0.1, 0.15) is 0 Å². The molecule has 0 bridgehead atoms. The van der Waals surface area contributed by atoms with Gasteiger partial charge in [0.25, 0.3) is 0 Å². The number of nitrogen functional groups attached to an aromatic ring is 1. The van der Waals surface area contributed by atoms with E-state index >= 15 is 0 Å². The minimum Gasteiger partial charge on any atom is -0.398 e. The van der Waals surface area contributed by atoms with E-state index in [0.717, 1.165) is 25.2 Å². The molecule has 0 unspecified atom stereocenters. The van der Waals surface area contributed by atoms with Crippen molar-refractivity contribution in [2.24, 2.45) is 0 Å². The number of pyridine rings is 1. The van der Waals surface area contributed by atoms with E-state index in [9.17, 15) is 0 Å². The lowest BCUT2D eigenvalue weighted by Crippen LogP contribution is -2.42. The van der Waals surface area contributed by atoms with Crippen molar-refractivity contribution in [3.8, 4) is 0 Å². The molecule has 1 aromatic heterocycles. The van der Waals surface area contributed by atoms with Crippen LogP contribution in [0.4, 0.5) is 5.69 Å². The predicted molar refractivity (Wildman–Crippen MR) is 88.4 cm³/mol. The lowest BCUT2D eigenvalue weighted by molar-refractivity contribution is -0.679. The van der Waals surface area contributed by atoms with Crippen LogP contribution in [0, 0.1) is 0 Å². The van der Waals surface area contributed by atoms with Gasteiger partial charge in [-0.15, -0.1) is 0 Å². The van der Waals surface area contributed by atoms with Gasteiger partial charge in [-0.3, -0.25) is 0 Å². The number of para-hydroxylation sites is 1. The number of aryl methyl sites for hydroxylation is 1. The van der Waals surface area contributed by atoms with Crippen LogP contribution in [0.15, 0.2) is 24.3 Å². The van der Waals surface area contributed by atoms with Crippen LogP contribution in [0.1, 0.15) is 30.5 Å². The summed E-state index contributed by atoms with van der Waals surface area (Å²) >= 11 is 0. The SMILES string of the molecule is CN(C)CCC[n+]1c2c(c(N)c3ccccc31)CCCC2. The van der Waals surface area contributed by atoms with Crippen molar-refractivity contribution in [1.29, 1.82) is 0 Å². The Morgan fingerprint density at radius 1 is 1.14 bits per heavy atom. The van der Waals surface area contributed by atoms with Crippen molar-refractivity contribution in [2.75, 3.05) is 26.4 Å². The van der Waals surface area contributed by atoms with Gasteiger partial charge in [0.05, 0.1) is 11.1 Å². The van der Waals surface area contributed by atoms with Crippen LogP contribution in [-0.4, -0.2) is 25.5 Å². The Kier molecular flexibility index (Phi) is 4.11. The Balaban J connectivity index is 2.09. The van der Waals surface area contributed by atoms with Crippen LogP contribution in [0.25, 0.3) is 10.9 Å². The monoisotopic (exact) mass is 284 g/mol. The number of fused-ring (bicyclic) bond motifs is 2. The zero-order chi connectivity index (χ0) is 14.8. The first-order valence-electron chi connectivity index (χ1n) is 8.05. The smallest absolute Gasteiger partial charge is 0.214 e. The van der Waals surface area contributed by atoms with E-state index in [1.165, 1.54) is 47.8 Å². The molecule has 2 aromatic rings. The zero-order valence-corrected chi connectivity index (χ0v) is 13.2. The molecule has 0 spiro atoms. The third-order valence-electron chi connectivity index (χ3n) is 4.56. The molecule has 0 amide bonds. The van der Waals surface area contributed by atoms with Crippen molar-refractivity contribution in [3.63, 3.8) is 0 Å². The molecule has 3 rings (SSSR count). The first kappa shape index (κ1) is 14.3. The average Bonchev–Trinajstić information content (AvgIpc) is 2.50. The first-order chi connectivity index (χ1) is 10.2. The number of nitrogens with two attached hydrogens (primary N) is 1. The van der Waals surface area contributed by atoms with E-state index in [1.54, 1.807) is 0 Å². The van der Waals surface area contributed by atoms with Crippen LogP contribution in [-0.2, 0) is 19.4 Å². The molecule has 3 heteroatoms. The van der Waals surface area contributed by atoms with E-state index < -0.39 is 0 Å². The maximum atomic E-state index is 6.46. The van der Waals surface area contributed by atoms with E-state index in [1.807, 2.05) is 0 Å². The van der Waals surface area contributed by atoms with Gasteiger partial charge in [-0.05, 0) is 39.4 Å². The Bertz CT molecular complexity index is 646. The lowest BCUT2D eigenvalue weighted by atomic mass is 9.92. The molecule has 0 fully saturated rings. The maximum absolute atomic E-state index is 6.46. The molecule has 2 N–H and O–H groups in total. The number of nitrogens with zero attached hydrogens (tertiary/aromatic N) is 2. The van der Waals surface area contributed by atoms with Crippen molar-refractivity contribution in [2.45, 2.75) is 38.6 Å². The summed E-state index contributed by atoms with van der Waals surface area (Å²) in [5, 5.41) is 1.23. The fourth-order valence-corrected chi connectivity index (χ4v) is 3.52. The van der Waals surface area contributed by atoms with Gasteiger partial charge in [0.2, 0.25) is 5.52 Å². The van der Waals surface area contributed by atoms with Gasteiger partial charge in [0.15, 0.2) is 12.2 Å². The summed E-state index contributed by atoms with van der Waals surface area (Å²) in [4.78, 5) is 2.26. The number of rotatable bonds is 4. The third-order valence-corrected chi connectivity index (χ3v) is 4.56. The van der Waals surface area contributed by atoms with Crippen molar-refractivity contribution >= 4 is 16.6 Å². The van der Waals surface area contributed by atoms with E-state index in [0.29, 0.717) is 0 Å². The van der Waals surface area contributed by atoms with Gasteiger partial charge in [-0.1, -0.05) is 12.1 Å². The number of benzene rings is 1. The Hall–Kier alpha value is -1.61. The lowest BCUT2D eigenvalue weighted by Gasteiger charge is -2.19. The highest BCUT2D eigenvalue weighted by molar-refractivity contribution is 5.89. The Labute approximate surface area is 127 Å². The number of hydrogen-bond acceptors (Lipinski definition) is 2. The van der Waals surface area contributed by atoms with Crippen LogP contribution < -0.4 is 10.3 Å². The molecule has 3 nitrogen and oxygen atoms in total. The Morgan fingerprint density at radius 3 is 2.71 bits per heavy atom. The normalized spacial score (nSPS) is 14.6. The van der Waals surface area contributed by atoms with E-state index in [2.05, 4.69) is 47.8 Å². The van der Waals surface area contributed by atoms with Crippen molar-refractivity contribution < 1.29 is 4.57 Å². The van der Waals surface area contributed by atoms with E-state index in [4.69, 9.17) is 5.73 Å². The fourth-order valence-electron chi connectivity index (χ4n) is 3.52. The maximum Gasteiger partial charge on any atom is 0.214 e. The highest BCUT2D eigenvalue weighted by Crippen LogP contribution is 2.29. The highest BCUT2D eigenvalue weighted by atomic mass is 15.1. The Morgan fingerprint density at radius 2 is 1.90 bits per heavy atom. The number of anilines is 1. The predicted octanol–water partition coefficient (Wildman–Crippen LogP) is 2.54. The molecule has 1 aliphatic carbocycles. The van der Waals surface area contributed by atoms with Crippen LogP contribution >= 0.6 is 0 Å². The summed E-state index contributed by atoms with van der Waals surface area (Å²) in [5.74, 6) is 0. The first-order valence-corrected chi connectivity index (χ1v) is 8.05. The largest absolute Gasteiger partial charge is 0.398 e. The fraction of sp³-hybridized carbons (Fsp3) is 0.500. The van der Waals surface area contributed by atoms with Crippen molar-refractivity contribution in [1.82, 2.24) is 4.90 Å². The van der Waals surface area contributed by atoms with Gasteiger partial charge in [-0.2, -0.15) is 4.57 Å². The zero-order valence-electron chi connectivity index (χ0n) is 13.2. The molecule has 0 saturated heterocycles. The average molecular weight is 284 g/mol. The molecule has 0 atom stereocenters. The summed E-state index contributed by atoms with van der Waals surface area (Å²) in [5.41, 5.74) is 11.7. The summed E-state index contributed by atoms with van der Waals surface area (Å²) < 4.78 is 2.53. The highest BCUT2D eigenvalue weighted by Gasteiger charge is 2.26.